The Hall–Kier alpha value is -1.04. The summed E-state index contributed by atoms with van der Waals surface area (Å²) in [4.78, 5) is 2.53. The summed E-state index contributed by atoms with van der Waals surface area (Å²) in [7, 11) is -7.27. The fraction of sp³-hybridized carbons (Fsp3) is 0.700. The maximum absolute atomic E-state index is 13.3. The van der Waals surface area contributed by atoms with Crippen LogP contribution < -0.4 is 4.72 Å². The van der Waals surface area contributed by atoms with E-state index in [4.69, 9.17) is 4.74 Å². The molecule has 0 bridgehead atoms. The summed E-state index contributed by atoms with van der Waals surface area (Å²) in [5, 5.41) is 0. The van der Waals surface area contributed by atoms with Gasteiger partial charge in [0.15, 0.2) is 0 Å². The lowest BCUT2D eigenvalue weighted by atomic mass is 10.1. The Morgan fingerprint density at radius 2 is 1.57 bits per heavy atom. The van der Waals surface area contributed by atoms with Crippen molar-refractivity contribution in [2.75, 3.05) is 26.2 Å². The topological polar surface area (TPSA) is 96.0 Å². The lowest BCUT2D eigenvalue weighted by Gasteiger charge is -2.38. The molecule has 2 saturated heterocycles. The second-order valence-corrected chi connectivity index (χ2v) is 12.4. The molecule has 2 aliphatic heterocycles. The first-order valence-electron chi connectivity index (χ1n) is 10.7. The van der Waals surface area contributed by atoms with Crippen molar-refractivity contribution in [3.05, 3.63) is 24.3 Å². The van der Waals surface area contributed by atoms with Crippen LogP contribution in [0.2, 0.25) is 0 Å². The Bertz CT molecular complexity index is 951. The average molecular weight is 458 g/mol. The number of nitrogens with zero attached hydrogens (tertiary/aromatic N) is 2. The molecule has 3 aliphatic rings. The lowest BCUT2D eigenvalue weighted by Crippen LogP contribution is -2.50. The molecule has 10 heteroatoms. The molecule has 3 unspecified atom stereocenters. The lowest BCUT2D eigenvalue weighted by molar-refractivity contribution is -0.0707. The van der Waals surface area contributed by atoms with Gasteiger partial charge in [0.25, 0.3) is 0 Å². The van der Waals surface area contributed by atoms with E-state index in [9.17, 15) is 16.8 Å². The van der Waals surface area contributed by atoms with Crippen LogP contribution in [-0.4, -0.2) is 76.5 Å². The third-order valence-corrected chi connectivity index (χ3v) is 9.43. The van der Waals surface area contributed by atoms with Gasteiger partial charge >= 0.3 is 0 Å². The monoisotopic (exact) mass is 457 g/mol. The number of benzene rings is 1. The molecule has 3 fully saturated rings. The minimum atomic E-state index is -3.68. The third-order valence-electron chi connectivity index (χ3n) is 5.93. The first-order valence-corrected chi connectivity index (χ1v) is 13.6. The van der Waals surface area contributed by atoms with Gasteiger partial charge in [-0.25, -0.2) is 21.6 Å². The quantitative estimate of drug-likeness (QED) is 0.665. The van der Waals surface area contributed by atoms with E-state index in [2.05, 4.69) is 9.62 Å². The first-order chi connectivity index (χ1) is 14.1. The van der Waals surface area contributed by atoms with E-state index in [-0.39, 0.29) is 34.1 Å². The van der Waals surface area contributed by atoms with Gasteiger partial charge in [-0.3, -0.25) is 4.90 Å². The fourth-order valence-corrected chi connectivity index (χ4v) is 7.44. The van der Waals surface area contributed by atoms with Crippen LogP contribution >= 0.6 is 0 Å². The SMILES string of the molecule is CC1CN(CC2CCCN2S(=O)(=O)c2ccc(S(=O)(=O)NC3CC3)cc2)CC(C)O1. The van der Waals surface area contributed by atoms with Crippen molar-refractivity contribution in [2.24, 2.45) is 0 Å². The van der Waals surface area contributed by atoms with Crippen LogP contribution in [0.15, 0.2) is 34.1 Å². The molecule has 0 amide bonds. The van der Waals surface area contributed by atoms with E-state index in [0.29, 0.717) is 13.1 Å². The van der Waals surface area contributed by atoms with Crippen LogP contribution in [0.4, 0.5) is 0 Å². The smallest absolute Gasteiger partial charge is 0.243 e. The van der Waals surface area contributed by atoms with Gasteiger partial charge in [0.05, 0.1) is 22.0 Å². The molecule has 4 rings (SSSR count). The first kappa shape index (κ1) is 22.2. The highest BCUT2D eigenvalue weighted by Gasteiger charge is 2.37. The van der Waals surface area contributed by atoms with Crippen molar-refractivity contribution < 1.29 is 21.6 Å². The summed E-state index contributed by atoms with van der Waals surface area (Å²) >= 11 is 0. The number of ether oxygens (including phenoxy) is 1. The van der Waals surface area contributed by atoms with E-state index in [1.165, 1.54) is 24.3 Å². The maximum atomic E-state index is 13.3. The van der Waals surface area contributed by atoms with Crippen LogP contribution in [0.3, 0.4) is 0 Å². The number of sulfonamides is 2. The number of hydrogen-bond acceptors (Lipinski definition) is 6. The van der Waals surface area contributed by atoms with E-state index in [0.717, 1.165) is 38.8 Å². The van der Waals surface area contributed by atoms with Crippen LogP contribution in [0.5, 0.6) is 0 Å². The van der Waals surface area contributed by atoms with Crippen LogP contribution in [-0.2, 0) is 24.8 Å². The molecule has 8 nitrogen and oxygen atoms in total. The Morgan fingerprint density at radius 1 is 0.967 bits per heavy atom. The predicted octanol–water partition coefficient (Wildman–Crippen LogP) is 1.39. The summed E-state index contributed by atoms with van der Waals surface area (Å²) < 4.78 is 61.2. The van der Waals surface area contributed by atoms with Gasteiger partial charge in [0.2, 0.25) is 20.0 Å². The van der Waals surface area contributed by atoms with Crippen molar-refractivity contribution in [3.63, 3.8) is 0 Å². The van der Waals surface area contributed by atoms with Crippen molar-refractivity contribution in [2.45, 2.75) is 73.6 Å². The molecule has 3 atom stereocenters. The Balaban J connectivity index is 1.47. The predicted molar refractivity (Wildman–Crippen MR) is 113 cm³/mol. The van der Waals surface area contributed by atoms with E-state index < -0.39 is 20.0 Å². The fourth-order valence-electron chi connectivity index (χ4n) is 4.45. The molecule has 1 saturated carbocycles. The van der Waals surface area contributed by atoms with Gasteiger partial charge in [-0.1, -0.05) is 0 Å². The summed E-state index contributed by atoms with van der Waals surface area (Å²) in [6, 6.07) is 5.51. The molecule has 2 heterocycles. The molecular weight excluding hydrogens is 426 g/mol. The van der Waals surface area contributed by atoms with E-state index in [1.54, 1.807) is 4.31 Å². The molecule has 0 radical (unpaired) electrons. The zero-order valence-corrected chi connectivity index (χ0v) is 19.2. The molecule has 1 aromatic carbocycles. The minimum Gasteiger partial charge on any atom is -0.373 e. The highest BCUT2D eigenvalue weighted by molar-refractivity contribution is 7.89. The summed E-state index contributed by atoms with van der Waals surface area (Å²) in [5.41, 5.74) is 0. The molecule has 30 heavy (non-hydrogen) atoms. The Kier molecular flexibility index (Phi) is 6.26. The van der Waals surface area contributed by atoms with Crippen molar-refractivity contribution in [1.29, 1.82) is 0 Å². The van der Waals surface area contributed by atoms with Gasteiger partial charge in [-0.15, -0.1) is 0 Å². The standard InChI is InChI=1S/C20H31N3O5S2/c1-15-12-22(13-16(2)28-15)14-18-4-3-11-23(18)30(26,27)20-9-7-19(8-10-20)29(24,25)21-17-5-6-17/h7-10,15-18,21H,3-6,11-14H2,1-2H3. The second kappa shape index (κ2) is 8.48. The Morgan fingerprint density at radius 3 is 2.17 bits per heavy atom. The minimum absolute atomic E-state index is 0.00870. The third kappa shape index (κ3) is 4.89. The van der Waals surface area contributed by atoms with Gasteiger partial charge in [0, 0.05) is 38.3 Å². The zero-order valence-electron chi connectivity index (χ0n) is 17.5. The van der Waals surface area contributed by atoms with E-state index >= 15 is 0 Å². The summed E-state index contributed by atoms with van der Waals surface area (Å²) in [6.07, 6.45) is 3.64. The second-order valence-electron chi connectivity index (χ2n) is 8.75. The van der Waals surface area contributed by atoms with Crippen molar-refractivity contribution in [3.8, 4) is 0 Å². The number of nitrogens with one attached hydrogen (secondary N) is 1. The normalized spacial score (nSPS) is 29.3. The summed E-state index contributed by atoms with van der Waals surface area (Å²) in [6.45, 7) is 6.87. The largest absolute Gasteiger partial charge is 0.373 e. The van der Waals surface area contributed by atoms with Crippen LogP contribution in [0.1, 0.15) is 39.5 Å². The van der Waals surface area contributed by atoms with Crippen LogP contribution in [0.25, 0.3) is 0 Å². The zero-order chi connectivity index (χ0) is 21.5. The molecular formula is C20H31N3O5S2. The molecule has 0 aromatic heterocycles. The Labute approximate surface area is 179 Å². The average Bonchev–Trinajstić information content (AvgIpc) is 3.34. The molecule has 1 aromatic rings. The maximum Gasteiger partial charge on any atom is 0.243 e. The van der Waals surface area contributed by atoms with Gasteiger partial charge in [-0.05, 0) is 63.8 Å². The van der Waals surface area contributed by atoms with Gasteiger partial charge in [-0.2, -0.15) is 4.31 Å². The van der Waals surface area contributed by atoms with Crippen molar-refractivity contribution in [1.82, 2.24) is 13.9 Å². The number of rotatable bonds is 7. The number of hydrogen-bond donors (Lipinski definition) is 1. The summed E-state index contributed by atoms with van der Waals surface area (Å²) in [5.74, 6) is 0. The van der Waals surface area contributed by atoms with Crippen LogP contribution in [0, 0.1) is 0 Å². The molecule has 1 N–H and O–H groups in total. The van der Waals surface area contributed by atoms with Gasteiger partial charge in [0.1, 0.15) is 0 Å². The number of morpholine rings is 1. The van der Waals surface area contributed by atoms with Crippen molar-refractivity contribution >= 4 is 20.0 Å². The molecule has 0 spiro atoms. The highest BCUT2D eigenvalue weighted by atomic mass is 32.2. The molecule has 168 valence electrons. The van der Waals surface area contributed by atoms with Gasteiger partial charge < -0.3 is 4.74 Å². The highest BCUT2D eigenvalue weighted by Crippen LogP contribution is 2.28. The van der Waals surface area contributed by atoms with E-state index in [1.807, 2.05) is 13.8 Å². The molecule has 1 aliphatic carbocycles.